The summed E-state index contributed by atoms with van der Waals surface area (Å²) in [5.41, 5.74) is 0.753. The van der Waals surface area contributed by atoms with Crippen LogP contribution >= 0.6 is 0 Å². The monoisotopic (exact) mass is 295 g/mol. The van der Waals surface area contributed by atoms with Gasteiger partial charge >= 0.3 is 0 Å². The third-order valence-corrected chi connectivity index (χ3v) is 5.18. The van der Waals surface area contributed by atoms with E-state index in [-0.39, 0.29) is 11.5 Å². The molecule has 1 aliphatic rings. The van der Waals surface area contributed by atoms with Crippen molar-refractivity contribution in [2.75, 3.05) is 41.9 Å². The van der Waals surface area contributed by atoms with Crippen LogP contribution in [0.4, 0.5) is 11.6 Å². The van der Waals surface area contributed by atoms with Gasteiger partial charge in [0.05, 0.1) is 17.7 Å². The second-order valence-corrected chi connectivity index (χ2v) is 7.15. The zero-order valence-electron chi connectivity index (χ0n) is 11.3. The molecule has 0 aliphatic carbocycles. The number of aromatic nitrogens is 3. The molecule has 0 atom stereocenters. The number of anilines is 2. The quantitative estimate of drug-likeness (QED) is 0.863. The van der Waals surface area contributed by atoms with Gasteiger partial charge in [-0.1, -0.05) is 0 Å². The lowest BCUT2D eigenvalue weighted by Gasteiger charge is -2.21. The molecule has 108 valence electrons. The van der Waals surface area contributed by atoms with Gasteiger partial charge in [-0.05, 0) is 6.42 Å². The number of sulfone groups is 1. The van der Waals surface area contributed by atoms with Gasteiger partial charge in [-0.3, -0.25) is 0 Å². The lowest BCUT2D eigenvalue weighted by atomic mass is 10.4. The van der Waals surface area contributed by atoms with E-state index in [1.54, 1.807) is 6.20 Å². The van der Waals surface area contributed by atoms with Crippen LogP contribution in [0.5, 0.6) is 0 Å². The summed E-state index contributed by atoms with van der Waals surface area (Å²) in [7, 11) is -1.12. The first-order valence-corrected chi connectivity index (χ1v) is 8.38. The van der Waals surface area contributed by atoms with Crippen molar-refractivity contribution in [3.8, 4) is 0 Å². The first kappa shape index (κ1) is 13.2. The second kappa shape index (κ2) is 4.93. The summed E-state index contributed by atoms with van der Waals surface area (Å²) in [4.78, 5) is 10.9. The molecule has 8 heteroatoms. The van der Waals surface area contributed by atoms with Crippen LogP contribution < -0.4 is 10.2 Å². The molecule has 0 aromatic carbocycles. The van der Waals surface area contributed by atoms with Gasteiger partial charge in [0.2, 0.25) is 0 Å². The van der Waals surface area contributed by atoms with Crippen molar-refractivity contribution in [2.45, 2.75) is 6.42 Å². The Morgan fingerprint density at radius 3 is 2.95 bits per heavy atom. The van der Waals surface area contributed by atoms with Gasteiger partial charge in [0.1, 0.15) is 5.82 Å². The van der Waals surface area contributed by atoms with E-state index in [9.17, 15) is 8.42 Å². The average Bonchev–Trinajstić information content (AvgIpc) is 2.82. The minimum Gasteiger partial charge on any atom is -0.372 e. The van der Waals surface area contributed by atoms with E-state index in [2.05, 4.69) is 15.3 Å². The maximum atomic E-state index is 11.7. The van der Waals surface area contributed by atoms with E-state index in [0.717, 1.165) is 17.3 Å². The molecule has 0 amide bonds. The van der Waals surface area contributed by atoms with Crippen LogP contribution in [0, 0.1) is 0 Å². The van der Waals surface area contributed by atoms with Crippen molar-refractivity contribution in [3.05, 3.63) is 18.6 Å². The first-order chi connectivity index (χ1) is 9.59. The molecule has 1 fully saturated rings. The van der Waals surface area contributed by atoms with Crippen LogP contribution in [-0.4, -0.2) is 54.4 Å². The lowest BCUT2D eigenvalue weighted by molar-refractivity contribution is 0.597. The van der Waals surface area contributed by atoms with E-state index in [0.29, 0.717) is 19.5 Å². The van der Waals surface area contributed by atoms with Crippen molar-refractivity contribution < 1.29 is 8.42 Å². The summed E-state index contributed by atoms with van der Waals surface area (Å²) in [6.45, 7) is 1.15. The Morgan fingerprint density at radius 2 is 2.15 bits per heavy atom. The number of hydrogen-bond donors (Lipinski definition) is 1. The van der Waals surface area contributed by atoms with E-state index >= 15 is 0 Å². The lowest BCUT2D eigenvalue weighted by Crippen LogP contribution is -2.28. The molecule has 0 radical (unpaired) electrons. The Kier molecular flexibility index (Phi) is 3.25. The molecule has 20 heavy (non-hydrogen) atoms. The number of hydrogen-bond acceptors (Lipinski definition) is 6. The van der Waals surface area contributed by atoms with Gasteiger partial charge in [0.25, 0.3) is 0 Å². The Labute approximate surface area is 117 Å². The highest BCUT2D eigenvalue weighted by Gasteiger charge is 2.22. The zero-order chi connectivity index (χ0) is 14.2. The second-order valence-electron chi connectivity index (χ2n) is 4.85. The molecule has 1 aliphatic heterocycles. The normalized spacial score (nSPS) is 18.9. The number of nitrogens with one attached hydrogen (secondary N) is 1. The van der Waals surface area contributed by atoms with E-state index in [1.165, 1.54) is 0 Å². The molecular weight excluding hydrogens is 278 g/mol. The van der Waals surface area contributed by atoms with Crippen LogP contribution in [-0.2, 0) is 9.84 Å². The molecule has 0 bridgehead atoms. The van der Waals surface area contributed by atoms with Crippen LogP contribution in [0.15, 0.2) is 18.6 Å². The largest absolute Gasteiger partial charge is 0.372 e. The zero-order valence-corrected chi connectivity index (χ0v) is 12.1. The number of imidazole rings is 1. The Morgan fingerprint density at radius 1 is 1.30 bits per heavy atom. The van der Waals surface area contributed by atoms with Crippen molar-refractivity contribution in [2.24, 2.45) is 0 Å². The number of rotatable bonds is 2. The van der Waals surface area contributed by atoms with Gasteiger partial charge in [-0.2, -0.15) is 0 Å². The standard InChI is InChI=1S/C12H17N5O2S/c1-13-10-9-17-5-3-14-11(17)12(15-10)16-4-2-7-20(18,19)8-6-16/h3,5,9,13H,2,4,6-8H2,1H3. The third-order valence-electron chi connectivity index (χ3n) is 3.47. The predicted molar refractivity (Wildman–Crippen MR) is 78.0 cm³/mol. The van der Waals surface area contributed by atoms with Gasteiger partial charge in [-0.25, -0.2) is 18.4 Å². The molecule has 0 unspecified atom stereocenters. The molecule has 0 spiro atoms. The average molecular weight is 295 g/mol. The van der Waals surface area contributed by atoms with Crippen molar-refractivity contribution >= 4 is 27.1 Å². The minimum atomic E-state index is -2.93. The summed E-state index contributed by atoms with van der Waals surface area (Å²) in [5.74, 6) is 1.89. The van der Waals surface area contributed by atoms with Crippen LogP contribution in [0.25, 0.3) is 5.65 Å². The first-order valence-electron chi connectivity index (χ1n) is 6.56. The molecule has 2 aromatic rings. The Bertz CT molecular complexity index is 725. The molecule has 0 saturated carbocycles. The fraction of sp³-hybridized carbons (Fsp3) is 0.500. The Hall–Kier alpha value is -1.83. The summed E-state index contributed by atoms with van der Waals surface area (Å²) in [5, 5.41) is 3.02. The van der Waals surface area contributed by atoms with Crippen molar-refractivity contribution in [3.63, 3.8) is 0 Å². The smallest absolute Gasteiger partial charge is 0.180 e. The molecule has 1 N–H and O–H groups in total. The third kappa shape index (κ3) is 2.43. The highest BCUT2D eigenvalue weighted by molar-refractivity contribution is 7.91. The topological polar surface area (TPSA) is 79.6 Å². The van der Waals surface area contributed by atoms with E-state index in [1.807, 2.05) is 28.7 Å². The molecular formula is C12H17N5O2S. The maximum Gasteiger partial charge on any atom is 0.180 e. The van der Waals surface area contributed by atoms with Crippen LogP contribution in [0.2, 0.25) is 0 Å². The van der Waals surface area contributed by atoms with E-state index in [4.69, 9.17) is 0 Å². The highest BCUT2D eigenvalue weighted by Crippen LogP contribution is 2.22. The minimum absolute atomic E-state index is 0.172. The summed E-state index contributed by atoms with van der Waals surface area (Å²) >= 11 is 0. The fourth-order valence-electron chi connectivity index (χ4n) is 2.40. The predicted octanol–water partition coefficient (Wildman–Crippen LogP) is 0.396. The van der Waals surface area contributed by atoms with Gasteiger partial charge in [-0.15, -0.1) is 0 Å². The van der Waals surface area contributed by atoms with Crippen LogP contribution in [0.1, 0.15) is 6.42 Å². The molecule has 7 nitrogen and oxygen atoms in total. The van der Waals surface area contributed by atoms with E-state index < -0.39 is 9.84 Å². The highest BCUT2D eigenvalue weighted by atomic mass is 32.2. The number of nitrogens with zero attached hydrogens (tertiary/aromatic N) is 4. The Balaban J connectivity index is 2.02. The van der Waals surface area contributed by atoms with Gasteiger partial charge in [0, 0.05) is 32.5 Å². The van der Waals surface area contributed by atoms with Crippen molar-refractivity contribution in [1.82, 2.24) is 14.4 Å². The summed E-state index contributed by atoms with van der Waals surface area (Å²) < 4.78 is 25.3. The van der Waals surface area contributed by atoms with Gasteiger partial charge < -0.3 is 14.6 Å². The molecule has 1 saturated heterocycles. The fourth-order valence-corrected chi connectivity index (χ4v) is 3.67. The summed E-state index contributed by atoms with van der Waals surface area (Å²) in [6.07, 6.45) is 6.06. The summed E-state index contributed by atoms with van der Waals surface area (Å²) in [6, 6.07) is 0. The number of fused-ring (bicyclic) bond motifs is 1. The molecule has 3 rings (SSSR count). The maximum absolute atomic E-state index is 11.7. The SMILES string of the molecule is CNc1cn2ccnc2c(N2CCCS(=O)(=O)CC2)n1. The van der Waals surface area contributed by atoms with Crippen molar-refractivity contribution in [1.29, 1.82) is 0 Å². The molecule has 3 heterocycles. The van der Waals surface area contributed by atoms with Crippen LogP contribution in [0.3, 0.4) is 0 Å². The molecule has 2 aromatic heterocycles. The van der Waals surface area contributed by atoms with Gasteiger partial charge in [0.15, 0.2) is 21.3 Å².